The Labute approximate surface area is 188 Å². The van der Waals surface area contributed by atoms with Crippen molar-refractivity contribution < 1.29 is 33.0 Å². The molecule has 0 spiro atoms. The number of ether oxygens (including phenoxy) is 3. The van der Waals surface area contributed by atoms with Crippen molar-refractivity contribution in [1.82, 2.24) is 10.3 Å². The zero-order valence-electron chi connectivity index (χ0n) is 17.5. The molecular formula is C22H20ClFN2O6. The molecule has 1 aromatic heterocycles. The fourth-order valence-corrected chi connectivity index (χ4v) is 3.15. The van der Waals surface area contributed by atoms with E-state index in [1.807, 2.05) is 0 Å². The van der Waals surface area contributed by atoms with E-state index in [2.05, 4.69) is 10.3 Å². The van der Waals surface area contributed by atoms with Gasteiger partial charge in [-0.1, -0.05) is 23.7 Å². The van der Waals surface area contributed by atoms with Crippen LogP contribution in [0.4, 0.5) is 4.39 Å². The van der Waals surface area contributed by atoms with Crippen LogP contribution in [0.15, 0.2) is 41.6 Å². The van der Waals surface area contributed by atoms with Crippen LogP contribution < -0.4 is 14.8 Å². The topological polar surface area (TPSA) is 104 Å². The van der Waals surface area contributed by atoms with Crippen molar-refractivity contribution in [2.24, 2.45) is 0 Å². The molecule has 168 valence electrons. The number of nitrogens with one attached hydrogen (secondary N) is 1. The Hall–Kier alpha value is -3.46. The lowest BCUT2D eigenvalue weighted by Crippen LogP contribution is -2.20. The third kappa shape index (κ3) is 4.88. The first-order valence-corrected chi connectivity index (χ1v) is 10.0. The molecule has 1 saturated heterocycles. The number of carbonyl (C=O) groups excluding carboxylic acids is 3. The van der Waals surface area contributed by atoms with Crippen molar-refractivity contribution in [3.05, 3.63) is 58.1 Å². The smallest absolute Gasteiger partial charge is 0.344 e. The number of amides is 1. The molecule has 2 heterocycles. The number of pyridine rings is 1. The maximum atomic E-state index is 14.6. The molecule has 0 aliphatic carbocycles. The Balaban J connectivity index is 1.92. The molecule has 1 aromatic carbocycles. The minimum atomic E-state index is -1.46. The molecule has 8 nitrogen and oxygen atoms in total. The Kier molecular flexibility index (Phi) is 7.09. The molecule has 32 heavy (non-hydrogen) atoms. The van der Waals surface area contributed by atoms with E-state index in [0.717, 1.165) is 6.07 Å². The highest BCUT2D eigenvalue weighted by molar-refractivity contribution is 6.32. The van der Waals surface area contributed by atoms with E-state index >= 15 is 0 Å². The molecule has 10 heteroatoms. The predicted octanol–water partition coefficient (Wildman–Crippen LogP) is 3.68. The van der Waals surface area contributed by atoms with Gasteiger partial charge in [0.25, 0.3) is 0 Å². The number of nitrogens with zero attached hydrogens (tertiary/aromatic N) is 1. The van der Waals surface area contributed by atoms with Crippen LogP contribution in [0.25, 0.3) is 0 Å². The SMILES string of the molecule is CCOC(=O)COc1ccccc1Oc1nc(C2C(=O)NC(=C(C)C)C2=O)c(F)cc1Cl. The van der Waals surface area contributed by atoms with Gasteiger partial charge >= 0.3 is 5.97 Å². The second-order valence-electron chi connectivity index (χ2n) is 6.95. The van der Waals surface area contributed by atoms with Crippen LogP contribution in [0.3, 0.4) is 0 Å². The van der Waals surface area contributed by atoms with Gasteiger partial charge in [-0.25, -0.2) is 14.2 Å². The van der Waals surface area contributed by atoms with Crippen molar-refractivity contribution in [2.45, 2.75) is 26.7 Å². The molecule has 1 aliphatic rings. The van der Waals surface area contributed by atoms with Gasteiger partial charge in [0.1, 0.15) is 22.5 Å². The van der Waals surface area contributed by atoms with Crippen molar-refractivity contribution in [3.63, 3.8) is 0 Å². The van der Waals surface area contributed by atoms with Gasteiger partial charge in [-0.3, -0.25) is 9.59 Å². The molecule has 1 atom stereocenters. The van der Waals surface area contributed by atoms with E-state index in [-0.39, 0.29) is 41.3 Å². The Morgan fingerprint density at radius 2 is 1.91 bits per heavy atom. The molecule has 1 amide bonds. The molecule has 1 unspecified atom stereocenters. The van der Waals surface area contributed by atoms with E-state index < -0.39 is 35.1 Å². The minimum Gasteiger partial charge on any atom is -0.478 e. The zero-order chi connectivity index (χ0) is 23.4. The highest BCUT2D eigenvalue weighted by Gasteiger charge is 2.42. The fraction of sp³-hybridized carbons (Fsp3) is 0.273. The number of allylic oxidation sites excluding steroid dienone is 2. The quantitative estimate of drug-likeness (QED) is 0.380. The van der Waals surface area contributed by atoms with Gasteiger partial charge in [-0.2, -0.15) is 0 Å². The number of Topliss-reactive ketones (excluding diaryl/α,β-unsaturated/α-hetero) is 1. The third-order valence-corrected chi connectivity index (χ3v) is 4.69. The van der Waals surface area contributed by atoms with E-state index in [1.54, 1.807) is 39.0 Å². The van der Waals surface area contributed by atoms with Crippen molar-refractivity contribution in [1.29, 1.82) is 0 Å². The van der Waals surface area contributed by atoms with Crippen LogP contribution in [-0.4, -0.2) is 35.9 Å². The van der Waals surface area contributed by atoms with Gasteiger partial charge in [0.2, 0.25) is 11.8 Å². The average Bonchev–Trinajstić information content (AvgIpc) is 3.04. The molecule has 1 N–H and O–H groups in total. The summed E-state index contributed by atoms with van der Waals surface area (Å²) in [6.45, 7) is 4.84. The second-order valence-corrected chi connectivity index (χ2v) is 7.35. The number of halogens is 2. The first-order chi connectivity index (χ1) is 15.2. The lowest BCUT2D eigenvalue weighted by Gasteiger charge is -2.14. The monoisotopic (exact) mass is 462 g/mol. The highest BCUT2D eigenvalue weighted by Crippen LogP contribution is 2.37. The van der Waals surface area contributed by atoms with Crippen molar-refractivity contribution in [3.8, 4) is 17.4 Å². The normalized spacial score (nSPS) is 15.4. The molecule has 2 aromatic rings. The van der Waals surface area contributed by atoms with Gasteiger partial charge < -0.3 is 19.5 Å². The average molecular weight is 463 g/mol. The Morgan fingerprint density at radius 1 is 1.22 bits per heavy atom. The van der Waals surface area contributed by atoms with Crippen LogP contribution in [0.1, 0.15) is 32.4 Å². The number of para-hydroxylation sites is 2. The largest absolute Gasteiger partial charge is 0.478 e. The van der Waals surface area contributed by atoms with E-state index in [4.69, 9.17) is 25.8 Å². The summed E-state index contributed by atoms with van der Waals surface area (Å²) in [4.78, 5) is 40.6. The van der Waals surface area contributed by atoms with E-state index in [0.29, 0.717) is 5.57 Å². The number of aromatic nitrogens is 1. The molecule has 1 aliphatic heterocycles. The summed E-state index contributed by atoms with van der Waals surface area (Å²) in [5.41, 5.74) is 0.286. The van der Waals surface area contributed by atoms with E-state index in [9.17, 15) is 18.8 Å². The third-order valence-electron chi connectivity index (χ3n) is 4.42. The number of hydrogen-bond acceptors (Lipinski definition) is 7. The van der Waals surface area contributed by atoms with Crippen LogP contribution in [0.2, 0.25) is 5.02 Å². The van der Waals surface area contributed by atoms with Gasteiger partial charge in [-0.05, 0) is 44.5 Å². The van der Waals surface area contributed by atoms with Gasteiger partial charge in [-0.15, -0.1) is 0 Å². The van der Waals surface area contributed by atoms with Crippen LogP contribution in [-0.2, 0) is 19.1 Å². The summed E-state index contributed by atoms with van der Waals surface area (Å²) >= 11 is 6.09. The van der Waals surface area contributed by atoms with Crippen molar-refractivity contribution in [2.75, 3.05) is 13.2 Å². The van der Waals surface area contributed by atoms with Crippen LogP contribution in [0, 0.1) is 5.82 Å². The first-order valence-electron chi connectivity index (χ1n) is 9.66. The second kappa shape index (κ2) is 9.78. The maximum Gasteiger partial charge on any atom is 0.344 e. The minimum absolute atomic E-state index is 0.108. The van der Waals surface area contributed by atoms with Gasteiger partial charge in [0.05, 0.1) is 12.3 Å². The van der Waals surface area contributed by atoms with Crippen LogP contribution >= 0.6 is 11.6 Å². The number of benzene rings is 1. The Morgan fingerprint density at radius 3 is 2.53 bits per heavy atom. The molecule has 0 saturated carbocycles. The summed E-state index contributed by atoms with van der Waals surface area (Å²) in [5.74, 6) is -4.14. The molecule has 3 rings (SSSR count). The van der Waals surface area contributed by atoms with Gasteiger partial charge in [0.15, 0.2) is 23.9 Å². The number of hydrogen-bond donors (Lipinski definition) is 1. The molecule has 0 bridgehead atoms. The number of rotatable bonds is 7. The molecular weight excluding hydrogens is 443 g/mol. The molecule has 0 radical (unpaired) electrons. The summed E-state index contributed by atoms with van der Waals surface area (Å²) in [7, 11) is 0. The molecule has 1 fully saturated rings. The number of carbonyl (C=O) groups is 3. The van der Waals surface area contributed by atoms with Gasteiger partial charge in [0, 0.05) is 0 Å². The zero-order valence-corrected chi connectivity index (χ0v) is 18.3. The summed E-state index contributed by atoms with van der Waals surface area (Å²) in [5, 5.41) is 2.28. The summed E-state index contributed by atoms with van der Waals surface area (Å²) < 4.78 is 30.6. The van der Waals surface area contributed by atoms with E-state index in [1.165, 1.54) is 6.07 Å². The first kappa shape index (κ1) is 23.2. The van der Waals surface area contributed by atoms with Crippen molar-refractivity contribution >= 4 is 29.3 Å². The number of esters is 1. The predicted molar refractivity (Wildman–Crippen MR) is 112 cm³/mol. The van der Waals surface area contributed by atoms with Crippen LogP contribution in [0.5, 0.6) is 17.4 Å². The summed E-state index contributed by atoms with van der Waals surface area (Å²) in [6.07, 6.45) is 0. The fourth-order valence-electron chi connectivity index (χ4n) is 2.97. The number of ketones is 1. The maximum absolute atomic E-state index is 14.6. The Bertz CT molecular complexity index is 1110. The highest BCUT2D eigenvalue weighted by atomic mass is 35.5. The standard InChI is InChI=1S/C22H20ClFN2O6/c1-4-30-16(27)10-31-14-7-5-6-8-15(14)32-22-12(23)9-13(24)19(26-22)17-20(28)18(11(2)3)25-21(17)29/h5-9,17H,4,10H2,1-3H3,(H,25,29). The lowest BCUT2D eigenvalue weighted by atomic mass is 9.99. The summed E-state index contributed by atoms with van der Waals surface area (Å²) in [6, 6.07) is 7.28. The lowest BCUT2D eigenvalue weighted by molar-refractivity contribution is -0.145.